The van der Waals surface area contributed by atoms with Gasteiger partial charge in [-0.1, -0.05) is 72.2 Å². The monoisotopic (exact) mass is 1560 g/mol. The van der Waals surface area contributed by atoms with E-state index in [1.165, 1.54) is 58.3 Å². The van der Waals surface area contributed by atoms with Crippen LogP contribution >= 0.6 is 0 Å². The third-order valence-corrected chi connectivity index (χ3v) is 18.9. The number of rotatable bonds is 48. The average molecular weight is 1560 g/mol. The van der Waals surface area contributed by atoms with Crippen LogP contribution in [0.4, 0.5) is 0 Å². The molecule has 2 fully saturated rings. The number of unbranched alkanes of at least 4 members (excludes halogenated alkanes) is 1. The smallest absolute Gasteiger partial charge is 0.326 e. The molecule has 2 heterocycles. The van der Waals surface area contributed by atoms with Crippen LogP contribution in [0.5, 0.6) is 11.5 Å². The molecule has 2 saturated heterocycles. The van der Waals surface area contributed by atoms with Crippen molar-refractivity contribution in [3.63, 3.8) is 0 Å². The molecule has 111 heavy (non-hydrogen) atoms. The topological polar surface area (TPSA) is 642 Å². The van der Waals surface area contributed by atoms with Gasteiger partial charge in [-0.3, -0.25) is 72.3 Å². The summed E-state index contributed by atoms with van der Waals surface area (Å²) in [5.74, 6) is -15.0. The molecule has 2 aromatic rings. The maximum atomic E-state index is 15.1. The first-order valence-electron chi connectivity index (χ1n) is 37.6. The van der Waals surface area contributed by atoms with Crippen LogP contribution < -0.4 is 88.0 Å². The predicted octanol–water partition coefficient (Wildman–Crippen LogP) is -3.25. The summed E-state index contributed by atoms with van der Waals surface area (Å²) < 4.78 is 0. The van der Waals surface area contributed by atoms with Crippen molar-refractivity contribution in [2.75, 3.05) is 32.7 Å². The highest BCUT2D eigenvalue weighted by molar-refractivity contribution is 6.00. The molecule has 0 spiro atoms. The molecule has 2 aromatic carbocycles. The number of aliphatic imine (C=N–C) groups is 2. The van der Waals surface area contributed by atoms with Crippen LogP contribution in [0.3, 0.4) is 0 Å². The van der Waals surface area contributed by atoms with Crippen LogP contribution in [0.25, 0.3) is 0 Å². The molecule has 13 atom stereocenters. The Balaban J connectivity index is 1.65. The largest absolute Gasteiger partial charge is 0.508 e. The fraction of sp³-hybridized carbons (Fsp3) is 0.616. The van der Waals surface area contributed by atoms with Gasteiger partial charge in [0.25, 0.3) is 0 Å². The van der Waals surface area contributed by atoms with Crippen molar-refractivity contribution in [1.29, 1.82) is 0 Å². The molecular weight excluding hydrogens is 1440 g/mol. The number of amides is 12. The van der Waals surface area contributed by atoms with Gasteiger partial charge in [0.2, 0.25) is 70.9 Å². The number of primary amides is 1. The van der Waals surface area contributed by atoms with E-state index >= 15 is 4.79 Å². The van der Waals surface area contributed by atoms with Gasteiger partial charge < -0.3 is 118 Å². The Morgan fingerprint density at radius 2 is 0.874 bits per heavy atom. The molecule has 0 radical (unpaired) electrons. The number of phenols is 2. The number of carboxylic acids is 2. The highest BCUT2D eigenvalue weighted by Crippen LogP contribution is 2.25. The number of phenolic OH excluding ortho intramolecular Hbond substituents is 2. The molecule has 38 nitrogen and oxygen atoms in total. The summed E-state index contributed by atoms with van der Waals surface area (Å²) in [6.45, 7) is 10.7. The molecule has 27 N–H and O–H groups in total. The SMILES string of the molecule is CC[C@H](C)[C@H](NC(=O)[C@H](Cc1ccc(O)cc1)NC(=O)[C@@H]1CCCN1C(=O)[C@H](CCCN=C(N)N)NC(=O)[C@H](CCCN=C(N)N)NC(=O)[C@@H]1CCCN1C(=O)[C@H](CCCCN)NC(=O)[C@H](CC(N)=O)NC(=O)[C@H](CCC(=O)O)NC(=O)[C@H](Cc1ccc(O)cc1)NC(=O)[C@@H](N)CC(C)C)C(=O)N[C@@H](CC(C)C)C(=O)O. The molecule has 2 aliphatic heterocycles. The van der Waals surface area contributed by atoms with E-state index in [2.05, 4.69) is 57.8 Å². The predicted molar refractivity (Wildman–Crippen MR) is 408 cm³/mol. The van der Waals surface area contributed by atoms with Gasteiger partial charge in [0, 0.05) is 45.4 Å². The molecule has 0 aromatic heterocycles. The zero-order chi connectivity index (χ0) is 82.8. The third-order valence-electron chi connectivity index (χ3n) is 18.9. The van der Waals surface area contributed by atoms with Crippen LogP contribution in [0.1, 0.15) is 162 Å². The molecule has 38 heteroatoms. The van der Waals surface area contributed by atoms with E-state index in [4.69, 9.17) is 40.1 Å². The minimum atomic E-state index is -1.88. The lowest BCUT2D eigenvalue weighted by Gasteiger charge is -2.32. The third kappa shape index (κ3) is 31.9. The van der Waals surface area contributed by atoms with Gasteiger partial charge in [-0.2, -0.15) is 0 Å². The quantitative estimate of drug-likeness (QED) is 0.0176. The fourth-order valence-corrected chi connectivity index (χ4v) is 12.8. The normalized spacial score (nSPS) is 16.9. The molecule has 0 bridgehead atoms. The van der Waals surface area contributed by atoms with Gasteiger partial charge in [0.05, 0.1) is 12.5 Å². The Labute approximate surface area is 645 Å². The Morgan fingerprint density at radius 1 is 0.477 bits per heavy atom. The van der Waals surface area contributed by atoms with Gasteiger partial charge in [-0.15, -0.1) is 0 Å². The average Bonchev–Trinajstić information content (AvgIpc) is 1.79. The summed E-state index contributed by atoms with van der Waals surface area (Å²) >= 11 is 0. The number of hydrogen-bond acceptors (Lipinski definition) is 20. The number of aliphatic carboxylic acids is 2. The van der Waals surface area contributed by atoms with E-state index in [1.54, 1.807) is 27.7 Å². The molecule has 616 valence electrons. The number of nitrogens with zero attached hydrogens (tertiary/aromatic N) is 4. The van der Waals surface area contributed by atoms with E-state index in [0.717, 1.165) is 0 Å². The van der Waals surface area contributed by atoms with E-state index in [0.29, 0.717) is 24.0 Å². The maximum absolute atomic E-state index is 15.1. The van der Waals surface area contributed by atoms with E-state index in [1.807, 2.05) is 13.8 Å². The number of aromatic hydroxyl groups is 2. The molecule has 4 rings (SSSR count). The Morgan fingerprint density at radius 3 is 1.32 bits per heavy atom. The van der Waals surface area contributed by atoms with E-state index in [9.17, 15) is 82.8 Å². The number of nitrogens with two attached hydrogens (primary N) is 7. The van der Waals surface area contributed by atoms with Crippen LogP contribution in [0, 0.1) is 17.8 Å². The maximum Gasteiger partial charge on any atom is 0.326 e. The fourth-order valence-electron chi connectivity index (χ4n) is 12.8. The second-order valence-corrected chi connectivity index (χ2v) is 29.0. The first-order chi connectivity index (χ1) is 52.4. The highest BCUT2D eigenvalue weighted by Gasteiger charge is 2.44. The van der Waals surface area contributed by atoms with Crippen molar-refractivity contribution >= 4 is 94.7 Å². The first-order valence-corrected chi connectivity index (χ1v) is 37.6. The number of carboxylic acid groups (broad SMARTS) is 2. The van der Waals surface area contributed by atoms with Crippen molar-refractivity contribution in [3.05, 3.63) is 59.7 Å². The van der Waals surface area contributed by atoms with Crippen molar-refractivity contribution in [2.24, 2.45) is 67.9 Å². The van der Waals surface area contributed by atoms with Gasteiger partial charge in [0.1, 0.15) is 78.0 Å². The van der Waals surface area contributed by atoms with Crippen LogP contribution in [-0.4, -0.2) is 230 Å². The number of hydrogen-bond donors (Lipinski definition) is 20. The molecule has 12 amide bonds. The van der Waals surface area contributed by atoms with Crippen molar-refractivity contribution in [2.45, 2.75) is 236 Å². The second-order valence-electron chi connectivity index (χ2n) is 29.0. The molecular formula is C73H116N20O18. The van der Waals surface area contributed by atoms with Crippen molar-refractivity contribution in [1.82, 2.24) is 57.7 Å². The molecule has 0 aliphatic carbocycles. The minimum Gasteiger partial charge on any atom is -0.508 e. The Hall–Kier alpha value is -10.9. The van der Waals surface area contributed by atoms with E-state index < -0.39 is 181 Å². The van der Waals surface area contributed by atoms with E-state index in [-0.39, 0.29) is 158 Å². The van der Waals surface area contributed by atoms with Crippen LogP contribution in [0.2, 0.25) is 0 Å². The second kappa shape index (κ2) is 46.6. The summed E-state index contributed by atoms with van der Waals surface area (Å²) in [7, 11) is 0. The number of guanidine groups is 2. The van der Waals surface area contributed by atoms with Gasteiger partial charge in [0.15, 0.2) is 11.9 Å². The minimum absolute atomic E-state index is 0.0141. The molecule has 0 saturated carbocycles. The van der Waals surface area contributed by atoms with Crippen molar-refractivity contribution in [3.8, 4) is 11.5 Å². The van der Waals surface area contributed by atoms with Gasteiger partial charge >= 0.3 is 11.9 Å². The number of likely N-dealkylation sites (tertiary alicyclic amines) is 2. The van der Waals surface area contributed by atoms with Gasteiger partial charge in [-0.25, -0.2) is 4.79 Å². The number of benzene rings is 2. The summed E-state index contributed by atoms with van der Waals surface area (Å²) in [5.41, 5.74) is 41.1. The number of carbonyl (C=O) groups is 14. The first kappa shape index (κ1) is 92.5. The van der Waals surface area contributed by atoms with Crippen LogP contribution in [-0.2, 0) is 80.0 Å². The van der Waals surface area contributed by atoms with Crippen LogP contribution in [0.15, 0.2) is 58.5 Å². The molecule has 2 aliphatic rings. The Kier molecular flexibility index (Phi) is 38.8. The summed E-state index contributed by atoms with van der Waals surface area (Å²) in [5, 5.41) is 63.2. The van der Waals surface area contributed by atoms with Gasteiger partial charge in [-0.05, 0) is 150 Å². The Bertz CT molecular complexity index is 3560. The van der Waals surface area contributed by atoms with Crippen molar-refractivity contribution < 1.29 is 87.5 Å². The lowest BCUT2D eigenvalue weighted by Crippen LogP contribution is -2.61. The summed E-state index contributed by atoms with van der Waals surface area (Å²) in [4.78, 5) is 207. The lowest BCUT2D eigenvalue weighted by molar-refractivity contribution is -0.144. The standard InChI is InChI=1S/C73H116N20O18/c1-7-41(6)59(68(107)90-54(71(110)111)35-40(4)5)91-65(104)52(37-43-21-25-45(95)26-22-43)89-67(106)56-18-13-33-93(56)70(109)50(16-11-31-82-73(79)80)85-61(100)47(15-10-30-81-72(77)78)84-66(105)55-17-12-32-92(55)69(108)49(14-8-9-29-74)86-64(103)53(38-57(76)96)88-62(101)48(27-28-58(97)98)83-63(102)51(36-42-19-23-44(94)24-20-42)87-60(99)46(75)34-39(2)3/h19-26,39-41,46-56,59,94-95H,7-18,27-38,74-75H2,1-6H3,(H2,76,96)(H,83,102)(H,84,105)(H,85,100)(H,86,103)(H,87,99)(H,88,101)(H,89,106)(H,90,107)(H,91,104)(H,97,98)(H,110,111)(H4,77,78,81)(H4,79,80,82)/t41-,46-,47-,48-,49-,50-,51-,52-,53-,54-,55-,56-,59-/m0/s1. The summed E-state index contributed by atoms with van der Waals surface area (Å²) in [6, 6.07) is -5.66. The number of carbonyl (C=O) groups excluding carboxylic acids is 12. The lowest BCUT2D eigenvalue weighted by atomic mass is 9.96. The molecule has 0 unspecified atom stereocenters. The zero-order valence-corrected chi connectivity index (χ0v) is 64.1. The highest BCUT2D eigenvalue weighted by atomic mass is 16.4. The zero-order valence-electron chi connectivity index (χ0n) is 64.1. The summed E-state index contributed by atoms with van der Waals surface area (Å²) in [6.07, 6.45) is -1.02. The number of nitrogens with one attached hydrogen (secondary N) is 9.